The maximum absolute atomic E-state index is 12.3. The van der Waals surface area contributed by atoms with E-state index in [1.807, 2.05) is 24.3 Å². The van der Waals surface area contributed by atoms with Crippen LogP contribution in [0.5, 0.6) is 0 Å². The van der Waals surface area contributed by atoms with Crippen molar-refractivity contribution in [3.05, 3.63) is 24.3 Å². The summed E-state index contributed by atoms with van der Waals surface area (Å²) in [6.45, 7) is 4.90. The van der Waals surface area contributed by atoms with Crippen molar-refractivity contribution in [2.75, 3.05) is 13.1 Å². The average Bonchev–Trinajstić information content (AvgIpc) is 3.31. The molecule has 0 radical (unpaired) electrons. The van der Waals surface area contributed by atoms with Crippen molar-refractivity contribution < 1.29 is 68.7 Å². The number of esters is 2. The second kappa shape index (κ2) is 47.3. The predicted molar refractivity (Wildman–Crippen MR) is 265 cm³/mol. The molecule has 0 aromatic rings. The molecule has 0 saturated carbocycles. The lowest BCUT2D eigenvalue weighted by molar-refractivity contribution is -0.236. The van der Waals surface area contributed by atoms with Gasteiger partial charge in [0.25, 0.3) is 0 Å². The molecule has 0 spiro atoms. The van der Waals surface area contributed by atoms with Crippen LogP contribution in [-0.4, -0.2) is 106 Å². The molecular formula is C48H88Cl2N4O14. The molecule has 0 aromatic carbocycles. The van der Waals surface area contributed by atoms with E-state index in [4.69, 9.17) is 31.5 Å². The standard InChI is InChI=1S/C48H86N4O14.2ClH/c1-3-5-19-27-41(63-45(57)33-31-37(49)47(59)65-61)39(53)25-21-15-11-7-9-13-17-23-29-43(55)51-35-36-52-44(56)30-24-18-14-10-8-12-16-22-26-40(54)42(28-20-6-4-2)64-46(58)34-32-38(50)48(60)66-62;;/h15-16,21-22,37-42,53-54,61-62H,3-14,17-20,23-36,49-50H2,1-2H3,(H,51,55)(H,52,56);2*1H. The number of aliphatic hydroxyl groups is 2. The minimum absolute atomic E-state index is 0. The zero-order chi connectivity index (χ0) is 49.2. The van der Waals surface area contributed by atoms with Gasteiger partial charge in [0.05, 0.1) is 12.2 Å². The molecule has 20 heteroatoms. The van der Waals surface area contributed by atoms with E-state index in [1.54, 1.807) is 0 Å². The maximum atomic E-state index is 12.3. The average molecular weight is 1020 g/mol. The number of halogens is 2. The summed E-state index contributed by atoms with van der Waals surface area (Å²) in [5.74, 6) is -3.25. The van der Waals surface area contributed by atoms with E-state index in [-0.39, 0.29) is 62.3 Å². The van der Waals surface area contributed by atoms with E-state index in [0.29, 0.717) is 51.6 Å². The van der Waals surface area contributed by atoms with Crippen LogP contribution >= 0.6 is 24.8 Å². The molecule has 0 aliphatic rings. The molecule has 0 aliphatic carbocycles. The largest absolute Gasteiger partial charge is 0.460 e. The predicted octanol–water partition coefficient (Wildman–Crippen LogP) is 7.37. The Hall–Kier alpha value is -3.36. The molecule has 6 atom stereocenters. The van der Waals surface area contributed by atoms with Gasteiger partial charge in [-0.2, -0.15) is 10.5 Å². The Kier molecular flexibility index (Phi) is 48.0. The lowest BCUT2D eigenvalue weighted by Gasteiger charge is -2.23. The number of rotatable bonds is 43. The van der Waals surface area contributed by atoms with Gasteiger partial charge in [-0.05, 0) is 89.9 Å². The maximum Gasteiger partial charge on any atom is 0.358 e. The molecule has 18 nitrogen and oxygen atoms in total. The van der Waals surface area contributed by atoms with Crippen LogP contribution in [0.3, 0.4) is 0 Å². The summed E-state index contributed by atoms with van der Waals surface area (Å²) in [6, 6.07) is -2.28. The summed E-state index contributed by atoms with van der Waals surface area (Å²) in [5.41, 5.74) is 11.1. The number of nitrogens with one attached hydrogen (secondary N) is 2. The SMILES string of the molecule is CCCCCC(OC(=O)CCC(N)C(=O)OO)C(O)CC=CCCCCCCCC(=O)NCCNC(=O)CCCCCCCC=CCC(O)C(CCCCC)OC(=O)CCC(N)C(=O)OO.Cl.Cl. The van der Waals surface area contributed by atoms with Crippen LogP contribution in [0.4, 0.5) is 0 Å². The molecular weight excluding hydrogens is 927 g/mol. The van der Waals surface area contributed by atoms with Crippen LogP contribution in [-0.2, 0) is 48.0 Å². The second-order valence-electron chi connectivity index (χ2n) is 17.0. The van der Waals surface area contributed by atoms with Gasteiger partial charge < -0.3 is 41.8 Å². The van der Waals surface area contributed by atoms with Crippen LogP contribution < -0.4 is 22.1 Å². The van der Waals surface area contributed by atoms with Crippen LogP contribution in [0.15, 0.2) is 24.3 Å². The lowest BCUT2D eigenvalue weighted by atomic mass is 10.0. The Bertz CT molecular complexity index is 1280. The molecule has 0 rings (SSSR count). The number of amides is 2. The van der Waals surface area contributed by atoms with E-state index in [9.17, 15) is 39.0 Å². The third-order valence-electron chi connectivity index (χ3n) is 11.1. The lowest BCUT2D eigenvalue weighted by Crippen LogP contribution is -2.34. The number of ether oxygens (including phenoxy) is 2. The van der Waals surface area contributed by atoms with E-state index < -0.39 is 60.4 Å². The monoisotopic (exact) mass is 1010 g/mol. The van der Waals surface area contributed by atoms with E-state index >= 15 is 0 Å². The highest BCUT2D eigenvalue weighted by molar-refractivity contribution is 5.85. The van der Waals surface area contributed by atoms with Gasteiger partial charge >= 0.3 is 23.9 Å². The normalized spacial score (nSPS) is 13.8. The van der Waals surface area contributed by atoms with E-state index in [2.05, 4.69) is 34.3 Å². The summed E-state index contributed by atoms with van der Waals surface area (Å²) in [4.78, 5) is 78.8. The Morgan fingerprint density at radius 3 is 1.19 bits per heavy atom. The van der Waals surface area contributed by atoms with E-state index in [1.165, 1.54) is 0 Å². The van der Waals surface area contributed by atoms with Gasteiger partial charge in [0.15, 0.2) is 0 Å². The molecule has 0 fully saturated rings. The highest BCUT2D eigenvalue weighted by atomic mass is 35.5. The fourth-order valence-corrected chi connectivity index (χ4v) is 6.97. The van der Waals surface area contributed by atoms with Gasteiger partial charge in [0.1, 0.15) is 24.3 Å². The number of allylic oxidation sites excluding steroid dienone is 2. The van der Waals surface area contributed by atoms with Crippen LogP contribution in [0.2, 0.25) is 0 Å². The van der Waals surface area contributed by atoms with Crippen molar-refractivity contribution in [1.29, 1.82) is 0 Å². The minimum atomic E-state index is -1.14. The van der Waals surface area contributed by atoms with Crippen LogP contribution in [0, 0.1) is 0 Å². The molecule has 0 saturated heterocycles. The molecule has 0 aromatic heterocycles. The fourth-order valence-electron chi connectivity index (χ4n) is 6.97. The van der Waals surface area contributed by atoms with Crippen LogP contribution in [0.25, 0.3) is 0 Å². The number of hydrogen-bond acceptors (Lipinski definition) is 16. The first kappa shape index (κ1) is 68.9. The molecule has 10 N–H and O–H groups in total. The summed E-state index contributed by atoms with van der Waals surface area (Å²) < 4.78 is 11.0. The molecule has 0 heterocycles. The number of carbonyl (C=O) groups is 6. The summed E-state index contributed by atoms with van der Waals surface area (Å²) in [6.07, 6.45) is 23.7. The van der Waals surface area contributed by atoms with E-state index in [0.717, 1.165) is 116 Å². The number of aliphatic hydroxyl groups excluding tert-OH is 2. The molecule has 2 amide bonds. The van der Waals surface area contributed by atoms with Crippen molar-refractivity contribution in [2.24, 2.45) is 11.5 Å². The smallest absolute Gasteiger partial charge is 0.358 e. The Labute approximate surface area is 417 Å². The highest BCUT2D eigenvalue weighted by Crippen LogP contribution is 2.18. The van der Waals surface area contributed by atoms with Crippen molar-refractivity contribution >= 4 is 60.5 Å². The van der Waals surface area contributed by atoms with Crippen molar-refractivity contribution in [3.8, 4) is 0 Å². The second-order valence-corrected chi connectivity index (χ2v) is 17.0. The summed E-state index contributed by atoms with van der Waals surface area (Å²) in [7, 11) is 0. The quantitative estimate of drug-likeness (QED) is 0.00738. The number of nitrogens with two attached hydrogens (primary N) is 2. The third-order valence-corrected chi connectivity index (χ3v) is 11.1. The fraction of sp³-hybridized carbons (Fsp3) is 0.792. The van der Waals surface area contributed by atoms with Crippen LogP contribution in [0.1, 0.15) is 194 Å². The Balaban J connectivity index is -0.0000211. The first-order valence-electron chi connectivity index (χ1n) is 24.6. The molecule has 0 bridgehead atoms. The third kappa shape index (κ3) is 39.5. The van der Waals surface area contributed by atoms with Gasteiger partial charge in [0.2, 0.25) is 11.8 Å². The van der Waals surface area contributed by atoms with Gasteiger partial charge in [-0.1, -0.05) is 102 Å². The van der Waals surface area contributed by atoms with Gasteiger partial charge in [-0.15, -0.1) is 24.8 Å². The Morgan fingerprint density at radius 1 is 0.485 bits per heavy atom. The van der Waals surface area contributed by atoms with Crippen molar-refractivity contribution in [3.63, 3.8) is 0 Å². The number of carbonyl (C=O) groups excluding carboxylic acids is 6. The van der Waals surface area contributed by atoms with Gasteiger partial charge in [0, 0.05) is 38.8 Å². The summed E-state index contributed by atoms with van der Waals surface area (Å²) >= 11 is 0. The summed E-state index contributed by atoms with van der Waals surface area (Å²) in [5, 5.41) is 44.0. The van der Waals surface area contributed by atoms with Crippen molar-refractivity contribution in [1.82, 2.24) is 10.6 Å². The number of hydrogen-bond donors (Lipinski definition) is 8. The van der Waals surface area contributed by atoms with Crippen molar-refractivity contribution in [2.45, 2.75) is 230 Å². The van der Waals surface area contributed by atoms with Gasteiger partial charge in [-0.3, -0.25) is 29.0 Å². The zero-order valence-electron chi connectivity index (χ0n) is 40.8. The molecule has 6 unspecified atom stereocenters. The first-order valence-corrected chi connectivity index (χ1v) is 24.6. The number of unbranched alkanes of at least 4 members (excludes halogenated alkanes) is 14. The highest BCUT2D eigenvalue weighted by Gasteiger charge is 2.25. The van der Waals surface area contributed by atoms with Gasteiger partial charge in [-0.25, -0.2) is 9.59 Å². The minimum Gasteiger partial charge on any atom is -0.460 e. The first-order chi connectivity index (χ1) is 31.8. The molecule has 0 aliphatic heterocycles. The molecule has 68 heavy (non-hydrogen) atoms. The Morgan fingerprint density at radius 2 is 0.838 bits per heavy atom. The molecule has 398 valence electrons. The zero-order valence-corrected chi connectivity index (χ0v) is 42.5. The topological polar surface area (TPSA) is 296 Å².